The number of amides is 1. The first-order valence-corrected chi connectivity index (χ1v) is 8.89. The lowest BCUT2D eigenvalue weighted by molar-refractivity contribution is -0.147. The van der Waals surface area contributed by atoms with Gasteiger partial charge in [-0.05, 0) is 36.4 Å². The summed E-state index contributed by atoms with van der Waals surface area (Å²) < 4.78 is 40.2. The Morgan fingerprint density at radius 2 is 1.92 bits per heavy atom. The van der Waals surface area contributed by atoms with Gasteiger partial charge in [0.05, 0.1) is 27.7 Å². The smallest absolute Gasteiger partial charge is 0.346 e. The average Bonchev–Trinajstić information content (AvgIpc) is 3.01. The van der Waals surface area contributed by atoms with E-state index >= 15 is 0 Å². The van der Waals surface area contributed by atoms with E-state index in [-0.39, 0.29) is 12.0 Å². The molecule has 1 N–H and O–H groups in total. The van der Waals surface area contributed by atoms with Crippen molar-refractivity contribution in [2.75, 3.05) is 0 Å². The number of nitrogens with zero attached hydrogens (tertiary/aromatic N) is 1. The van der Waals surface area contributed by atoms with Gasteiger partial charge in [0.2, 0.25) is 0 Å². The Balaban J connectivity index is 1.84. The molecule has 1 atom stereocenters. The van der Waals surface area contributed by atoms with Crippen molar-refractivity contribution in [1.82, 2.24) is 10.3 Å². The van der Waals surface area contributed by atoms with Crippen LogP contribution in [0, 0.1) is 0 Å². The van der Waals surface area contributed by atoms with Gasteiger partial charge in [0.25, 0.3) is 5.91 Å². The van der Waals surface area contributed by atoms with Crippen LogP contribution in [0.2, 0.25) is 0 Å². The van der Waals surface area contributed by atoms with Gasteiger partial charge in [-0.3, -0.25) is 9.78 Å². The van der Waals surface area contributed by atoms with E-state index in [9.17, 15) is 18.0 Å². The number of hydrogen-bond donors (Lipinski definition) is 1. The fourth-order valence-electron chi connectivity index (χ4n) is 2.96. The van der Waals surface area contributed by atoms with E-state index in [2.05, 4.69) is 10.3 Å². The quantitative estimate of drug-likeness (QED) is 0.680. The van der Waals surface area contributed by atoms with Crippen LogP contribution in [-0.4, -0.2) is 22.6 Å². The van der Waals surface area contributed by atoms with E-state index in [4.69, 9.17) is 0 Å². The third kappa shape index (κ3) is 4.60. The van der Waals surface area contributed by atoms with E-state index in [0.29, 0.717) is 0 Å². The first-order valence-electron chi connectivity index (χ1n) is 8.01. The van der Waals surface area contributed by atoms with Gasteiger partial charge in [-0.2, -0.15) is 13.2 Å². The molecule has 0 saturated carbocycles. The van der Waals surface area contributed by atoms with E-state index < -0.39 is 24.0 Å². The first-order chi connectivity index (χ1) is 12.2. The molecule has 26 heavy (non-hydrogen) atoms. The van der Waals surface area contributed by atoms with Crippen molar-refractivity contribution < 1.29 is 18.0 Å². The lowest BCUT2D eigenvalue weighted by atomic mass is 9.88. The third-order valence-electron chi connectivity index (χ3n) is 4.01. The zero-order chi connectivity index (χ0) is 18.8. The first kappa shape index (κ1) is 18.4. The van der Waals surface area contributed by atoms with E-state index in [1.807, 2.05) is 11.4 Å². The maximum atomic E-state index is 13.1. The second kappa shape index (κ2) is 7.07. The molecule has 3 rings (SSSR count). The summed E-state index contributed by atoms with van der Waals surface area (Å²) in [6.07, 6.45) is -4.04. The lowest BCUT2D eigenvalue weighted by Crippen LogP contribution is -2.50. The molecule has 0 aliphatic carbocycles. The van der Waals surface area contributed by atoms with Crippen LogP contribution < -0.4 is 5.32 Å². The second-order valence-corrected chi connectivity index (χ2v) is 7.44. The Bertz CT molecular complexity index is 908. The molecule has 0 aliphatic heterocycles. The van der Waals surface area contributed by atoms with E-state index in [1.165, 1.54) is 24.5 Å². The van der Waals surface area contributed by atoms with Crippen molar-refractivity contribution in [1.29, 1.82) is 0 Å². The third-order valence-corrected chi connectivity index (χ3v) is 4.86. The Morgan fingerprint density at radius 1 is 1.19 bits per heavy atom. The number of nitrogens with one attached hydrogen (secondary N) is 1. The van der Waals surface area contributed by atoms with Crippen LogP contribution in [0.3, 0.4) is 0 Å². The summed E-state index contributed by atoms with van der Waals surface area (Å²) in [5, 5.41) is 4.43. The molecule has 0 aliphatic rings. The minimum Gasteiger partial charge on any atom is -0.346 e. The summed E-state index contributed by atoms with van der Waals surface area (Å²) in [6, 6.07) is 12.3. The maximum absolute atomic E-state index is 13.1. The van der Waals surface area contributed by atoms with Crippen LogP contribution in [0.5, 0.6) is 0 Å². The normalized spacial score (nSPS) is 14.2. The molecular formula is C19H17F3N2OS. The molecule has 1 unspecified atom stereocenters. The number of alkyl halides is 3. The minimum atomic E-state index is -4.40. The molecule has 3 nitrogen and oxygen atoms in total. The average molecular weight is 378 g/mol. The van der Waals surface area contributed by atoms with Gasteiger partial charge in [-0.25, -0.2) is 0 Å². The number of hydrogen-bond acceptors (Lipinski definition) is 3. The lowest BCUT2D eigenvalue weighted by Gasteiger charge is -2.32. The molecule has 0 spiro atoms. The van der Waals surface area contributed by atoms with Crippen molar-refractivity contribution in [2.24, 2.45) is 0 Å². The Kier molecular flexibility index (Phi) is 5.00. The Labute approximate surface area is 152 Å². The van der Waals surface area contributed by atoms with Gasteiger partial charge in [-0.1, -0.05) is 30.3 Å². The van der Waals surface area contributed by atoms with Crippen LogP contribution in [-0.2, 0) is 6.42 Å². The van der Waals surface area contributed by atoms with Gasteiger partial charge in [0.1, 0.15) is 0 Å². The van der Waals surface area contributed by atoms with Crippen molar-refractivity contribution in [2.45, 2.75) is 31.5 Å². The molecular weight excluding hydrogens is 361 g/mol. The molecule has 0 radical (unpaired) electrons. The summed E-state index contributed by atoms with van der Waals surface area (Å²) in [5.41, 5.74) is 0.280. The fraction of sp³-hybridized carbons (Fsp3) is 0.263. The van der Waals surface area contributed by atoms with Crippen molar-refractivity contribution in [3.8, 4) is 0 Å². The summed E-state index contributed by atoms with van der Waals surface area (Å²) in [6.45, 7) is 1.42. The van der Waals surface area contributed by atoms with Crippen LogP contribution in [0.4, 0.5) is 13.2 Å². The van der Waals surface area contributed by atoms with Gasteiger partial charge < -0.3 is 5.32 Å². The number of halogens is 3. The van der Waals surface area contributed by atoms with Gasteiger partial charge in [0.15, 0.2) is 0 Å². The summed E-state index contributed by atoms with van der Waals surface area (Å²) in [4.78, 5) is 16.8. The number of thiophene rings is 1. The highest BCUT2D eigenvalue weighted by Gasteiger charge is 2.40. The molecule has 0 fully saturated rings. The number of fused-ring (bicyclic) bond motifs is 1. The van der Waals surface area contributed by atoms with Crippen LogP contribution in [0.25, 0.3) is 10.2 Å². The van der Waals surface area contributed by atoms with Crippen LogP contribution in [0.15, 0.2) is 54.0 Å². The summed E-state index contributed by atoms with van der Waals surface area (Å²) >= 11 is 1.43. The monoisotopic (exact) mass is 378 g/mol. The topological polar surface area (TPSA) is 42.0 Å². The molecule has 7 heteroatoms. The van der Waals surface area contributed by atoms with Crippen LogP contribution >= 0.6 is 11.3 Å². The maximum Gasteiger partial charge on any atom is 0.391 e. The molecule has 2 heterocycles. The fourth-order valence-corrected chi connectivity index (χ4v) is 3.74. The van der Waals surface area contributed by atoms with Gasteiger partial charge >= 0.3 is 6.18 Å². The summed E-state index contributed by atoms with van der Waals surface area (Å²) in [7, 11) is 0. The van der Waals surface area contributed by atoms with Crippen LogP contribution in [0.1, 0.15) is 29.3 Å². The molecule has 0 saturated heterocycles. The predicted octanol–water partition coefficient (Wildman–Crippen LogP) is 4.98. The summed E-state index contributed by atoms with van der Waals surface area (Å²) in [5.74, 6) is -0.560. The second-order valence-electron chi connectivity index (χ2n) is 6.50. The highest BCUT2D eigenvalue weighted by Crippen LogP contribution is 2.30. The molecule has 136 valence electrons. The number of carbonyl (C=O) groups excluding carboxylic acids is 1. The number of benzene rings is 1. The number of aromatic nitrogens is 1. The zero-order valence-corrected chi connectivity index (χ0v) is 14.8. The molecule has 3 aromatic rings. The molecule has 1 amide bonds. The number of rotatable bonds is 5. The van der Waals surface area contributed by atoms with Crippen molar-refractivity contribution in [3.05, 3.63) is 65.2 Å². The Hall–Kier alpha value is -2.41. The van der Waals surface area contributed by atoms with E-state index in [0.717, 1.165) is 15.8 Å². The number of carbonyl (C=O) groups is 1. The molecule has 0 bridgehead atoms. The van der Waals surface area contributed by atoms with Crippen molar-refractivity contribution in [3.63, 3.8) is 0 Å². The highest BCUT2D eigenvalue weighted by molar-refractivity contribution is 7.17. The zero-order valence-electron chi connectivity index (χ0n) is 14.0. The number of pyridine rings is 1. The standard InChI is InChI=1S/C19H17F3N2OS/c1-18(12-19(20,21)22,10-13-5-3-2-4-6-13)24-17(25)14-9-16-15(23-11-14)7-8-26-16/h2-9,11H,10,12H2,1H3,(H,24,25). The molecule has 2 aromatic heterocycles. The largest absolute Gasteiger partial charge is 0.391 e. The minimum absolute atomic E-state index is 0.0771. The van der Waals surface area contributed by atoms with Crippen molar-refractivity contribution >= 4 is 27.5 Å². The molecule has 1 aromatic carbocycles. The van der Waals surface area contributed by atoms with Gasteiger partial charge in [0, 0.05) is 6.20 Å². The van der Waals surface area contributed by atoms with Gasteiger partial charge in [-0.15, -0.1) is 11.3 Å². The van der Waals surface area contributed by atoms with E-state index in [1.54, 1.807) is 36.4 Å². The Morgan fingerprint density at radius 3 is 2.62 bits per heavy atom. The predicted molar refractivity (Wildman–Crippen MR) is 96.3 cm³/mol. The highest BCUT2D eigenvalue weighted by atomic mass is 32.1. The SMILES string of the molecule is CC(Cc1ccccc1)(CC(F)(F)F)NC(=O)c1cnc2ccsc2c1.